The normalized spacial score (nSPS) is 16.5. The van der Waals surface area contributed by atoms with Gasteiger partial charge in [0.1, 0.15) is 5.82 Å². The zero-order valence-corrected chi connectivity index (χ0v) is 16.1. The van der Waals surface area contributed by atoms with E-state index in [1.807, 2.05) is 6.20 Å². The Morgan fingerprint density at radius 1 is 1.18 bits per heavy atom. The quantitative estimate of drug-likeness (QED) is 0.493. The summed E-state index contributed by atoms with van der Waals surface area (Å²) in [6.45, 7) is 2.54. The second-order valence-electron chi connectivity index (χ2n) is 8.03. The summed E-state index contributed by atoms with van der Waals surface area (Å²) in [5, 5.41) is 12.7. The minimum atomic E-state index is 0.598. The first-order valence-corrected chi connectivity index (χ1v) is 10.3. The highest BCUT2D eigenvalue weighted by Crippen LogP contribution is 2.42. The molecule has 0 atom stereocenters. The van der Waals surface area contributed by atoms with Crippen LogP contribution in [-0.2, 0) is 6.54 Å². The molecule has 3 aromatic rings. The zero-order valence-electron chi connectivity index (χ0n) is 16.1. The van der Waals surface area contributed by atoms with Gasteiger partial charge < -0.3 is 16.4 Å². The SMILES string of the molecule is NCCCNc1nc(Nc2ccc3cn(CC4CC4)nc3c2)ncc1C1CC1. The van der Waals surface area contributed by atoms with Crippen molar-refractivity contribution in [2.75, 3.05) is 23.7 Å². The summed E-state index contributed by atoms with van der Waals surface area (Å²) in [5.41, 5.74) is 8.79. The Labute approximate surface area is 164 Å². The summed E-state index contributed by atoms with van der Waals surface area (Å²) in [4.78, 5) is 9.28. The zero-order chi connectivity index (χ0) is 18.9. The molecular weight excluding hydrogens is 350 g/mol. The van der Waals surface area contributed by atoms with Crippen LogP contribution in [0.1, 0.15) is 43.6 Å². The summed E-state index contributed by atoms with van der Waals surface area (Å²) in [5.74, 6) is 2.95. The molecule has 28 heavy (non-hydrogen) atoms. The van der Waals surface area contributed by atoms with Gasteiger partial charge in [-0.05, 0) is 68.7 Å². The number of rotatable bonds is 9. The molecule has 2 aliphatic carbocycles. The van der Waals surface area contributed by atoms with E-state index in [0.29, 0.717) is 18.4 Å². The molecule has 7 nitrogen and oxygen atoms in total. The molecule has 1 aromatic carbocycles. The third kappa shape index (κ3) is 3.94. The number of anilines is 3. The van der Waals surface area contributed by atoms with E-state index in [0.717, 1.165) is 42.5 Å². The molecule has 0 saturated heterocycles. The maximum Gasteiger partial charge on any atom is 0.229 e. The third-order valence-corrected chi connectivity index (χ3v) is 5.46. The highest BCUT2D eigenvalue weighted by atomic mass is 15.3. The predicted octanol–water partition coefficient (Wildman–Crippen LogP) is 3.62. The second kappa shape index (κ2) is 7.39. The molecule has 0 spiro atoms. The molecule has 4 N–H and O–H groups in total. The molecule has 0 unspecified atom stereocenters. The van der Waals surface area contributed by atoms with Gasteiger partial charge in [-0.3, -0.25) is 4.68 Å². The van der Waals surface area contributed by atoms with Gasteiger partial charge in [-0.2, -0.15) is 10.1 Å². The minimum Gasteiger partial charge on any atom is -0.370 e. The van der Waals surface area contributed by atoms with E-state index in [2.05, 4.69) is 44.7 Å². The monoisotopic (exact) mass is 377 g/mol. The molecule has 0 bridgehead atoms. The molecule has 2 fully saturated rings. The van der Waals surface area contributed by atoms with Crippen LogP contribution < -0.4 is 16.4 Å². The van der Waals surface area contributed by atoms with Crippen molar-refractivity contribution >= 4 is 28.4 Å². The first-order valence-electron chi connectivity index (χ1n) is 10.3. The summed E-state index contributed by atoms with van der Waals surface area (Å²) in [6, 6.07) is 6.23. The van der Waals surface area contributed by atoms with Crippen molar-refractivity contribution in [1.29, 1.82) is 0 Å². The Kier molecular flexibility index (Phi) is 4.60. The molecule has 0 aliphatic heterocycles. The van der Waals surface area contributed by atoms with E-state index in [4.69, 9.17) is 15.8 Å². The molecule has 2 saturated carbocycles. The van der Waals surface area contributed by atoms with E-state index >= 15 is 0 Å². The van der Waals surface area contributed by atoms with Crippen LogP contribution in [0, 0.1) is 5.92 Å². The lowest BCUT2D eigenvalue weighted by Gasteiger charge is -2.12. The Hall–Kier alpha value is -2.67. The van der Waals surface area contributed by atoms with Crippen molar-refractivity contribution in [3.05, 3.63) is 36.2 Å². The Bertz CT molecular complexity index is 972. The van der Waals surface area contributed by atoms with Gasteiger partial charge in [-0.15, -0.1) is 0 Å². The average molecular weight is 377 g/mol. The van der Waals surface area contributed by atoms with Crippen LogP contribution in [0.2, 0.25) is 0 Å². The van der Waals surface area contributed by atoms with Crippen LogP contribution in [-0.4, -0.2) is 32.8 Å². The van der Waals surface area contributed by atoms with Crippen LogP contribution in [0.25, 0.3) is 10.9 Å². The Morgan fingerprint density at radius 2 is 2.07 bits per heavy atom. The van der Waals surface area contributed by atoms with Gasteiger partial charge in [0.25, 0.3) is 0 Å². The van der Waals surface area contributed by atoms with Gasteiger partial charge in [-0.25, -0.2) is 4.98 Å². The topological polar surface area (TPSA) is 93.7 Å². The first-order chi connectivity index (χ1) is 13.8. The number of nitrogens with one attached hydrogen (secondary N) is 2. The number of aromatic nitrogens is 4. The van der Waals surface area contributed by atoms with Gasteiger partial charge in [-0.1, -0.05) is 0 Å². The van der Waals surface area contributed by atoms with Crippen molar-refractivity contribution in [2.24, 2.45) is 11.7 Å². The molecule has 7 heteroatoms. The van der Waals surface area contributed by atoms with Crippen LogP contribution in [0.4, 0.5) is 17.5 Å². The molecule has 2 aromatic heterocycles. The van der Waals surface area contributed by atoms with E-state index in [1.54, 1.807) is 0 Å². The third-order valence-electron chi connectivity index (χ3n) is 5.46. The standard InChI is InChI=1S/C21H27N7/c22-8-1-9-23-20-18(15-4-5-15)11-24-21(26-20)25-17-7-6-16-13-28(12-14-2-3-14)27-19(16)10-17/h6-7,10-11,13-15H,1-5,8-9,12,22H2,(H2,23,24,25,26). The molecule has 146 valence electrons. The van der Waals surface area contributed by atoms with E-state index in [9.17, 15) is 0 Å². The lowest BCUT2D eigenvalue weighted by Crippen LogP contribution is -2.12. The van der Waals surface area contributed by atoms with E-state index in [-0.39, 0.29) is 0 Å². The van der Waals surface area contributed by atoms with Crippen molar-refractivity contribution in [2.45, 2.75) is 44.6 Å². The average Bonchev–Trinajstić information content (AvgIpc) is 3.61. The minimum absolute atomic E-state index is 0.598. The van der Waals surface area contributed by atoms with Crippen LogP contribution in [0.15, 0.2) is 30.6 Å². The fourth-order valence-corrected chi connectivity index (χ4v) is 3.53. The molecular formula is C21H27N7. The first kappa shape index (κ1) is 17.4. The Morgan fingerprint density at radius 3 is 2.86 bits per heavy atom. The fourth-order valence-electron chi connectivity index (χ4n) is 3.53. The fraction of sp³-hybridized carbons (Fsp3) is 0.476. The smallest absolute Gasteiger partial charge is 0.229 e. The number of nitrogens with zero attached hydrogens (tertiary/aromatic N) is 4. The summed E-state index contributed by atoms with van der Waals surface area (Å²) >= 11 is 0. The highest BCUT2D eigenvalue weighted by Gasteiger charge is 2.27. The largest absolute Gasteiger partial charge is 0.370 e. The maximum absolute atomic E-state index is 5.62. The van der Waals surface area contributed by atoms with E-state index in [1.165, 1.54) is 36.6 Å². The van der Waals surface area contributed by atoms with Crippen molar-refractivity contribution < 1.29 is 0 Å². The highest BCUT2D eigenvalue weighted by molar-refractivity contribution is 5.82. The molecule has 0 radical (unpaired) electrons. The van der Waals surface area contributed by atoms with Gasteiger partial charge in [0.2, 0.25) is 5.95 Å². The lowest BCUT2D eigenvalue weighted by atomic mass is 10.2. The Balaban J connectivity index is 1.34. The molecule has 5 rings (SSSR count). The predicted molar refractivity (Wildman–Crippen MR) is 112 cm³/mol. The van der Waals surface area contributed by atoms with Crippen molar-refractivity contribution in [3.8, 4) is 0 Å². The summed E-state index contributed by atoms with van der Waals surface area (Å²) in [6.07, 6.45) is 10.1. The van der Waals surface area contributed by atoms with Gasteiger partial charge in [0.05, 0.1) is 5.52 Å². The maximum atomic E-state index is 5.62. The number of nitrogens with two attached hydrogens (primary N) is 1. The molecule has 0 amide bonds. The number of benzene rings is 1. The van der Waals surface area contributed by atoms with Gasteiger partial charge in [0.15, 0.2) is 0 Å². The van der Waals surface area contributed by atoms with Crippen molar-refractivity contribution in [3.63, 3.8) is 0 Å². The van der Waals surface area contributed by atoms with Crippen LogP contribution in [0.5, 0.6) is 0 Å². The van der Waals surface area contributed by atoms with Gasteiger partial charge >= 0.3 is 0 Å². The van der Waals surface area contributed by atoms with Crippen LogP contribution in [0.3, 0.4) is 0 Å². The number of hydrogen-bond donors (Lipinski definition) is 3. The molecule has 2 aliphatic rings. The molecule has 2 heterocycles. The number of hydrogen-bond acceptors (Lipinski definition) is 6. The second-order valence-corrected chi connectivity index (χ2v) is 8.03. The van der Waals surface area contributed by atoms with E-state index < -0.39 is 0 Å². The number of fused-ring (bicyclic) bond motifs is 1. The summed E-state index contributed by atoms with van der Waals surface area (Å²) < 4.78 is 2.08. The van der Waals surface area contributed by atoms with Crippen LogP contribution >= 0.6 is 0 Å². The lowest BCUT2D eigenvalue weighted by molar-refractivity contribution is 0.568. The van der Waals surface area contributed by atoms with Crippen molar-refractivity contribution in [1.82, 2.24) is 19.7 Å². The van der Waals surface area contributed by atoms with Gasteiger partial charge in [0, 0.05) is 42.1 Å². The summed E-state index contributed by atoms with van der Waals surface area (Å²) in [7, 11) is 0.